The molecule has 0 aromatic heterocycles. The third-order valence-corrected chi connectivity index (χ3v) is 5.88. The average Bonchev–Trinajstić information content (AvgIpc) is 2.58. The molecule has 0 aliphatic carbocycles. The summed E-state index contributed by atoms with van der Waals surface area (Å²) in [6, 6.07) is 0.603. The lowest BCUT2D eigenvalue weighted by Gasteiger charge is -2.24. The number of unbranched alkanes of at least 4 members (excludes halogenated alkanes) is 1. The third-order valence-electron chi connectivity index (χ3n) is 3.04. The Hall–Kier alpha value is -1.42. The Morgan fingerprint density at radius 3 is 2.09 bits per heavy atom. The first-order valence-electron chi connectivity index (χ1n) is 7.38. The van der Waals surface area contributed by atoms with Crippen LogP contribution in [0, 0.1) is 0 Å². The molecule has 0 rings (SSSR count). The Balaban J connectivity index is 3.61. The maximum atomic E-state index is 11.4. The number of esters is 1. The second-order valence-corrected chi connectivity index (χ2v) is 7.63. The largest absolute Gasteiger partial charge is 0.500 e. The molecular formula is C14H27NO7Si. The number of rotatable bonds is 13. The van der Waals surface area contributed by atoms with Gasteiger partial charge in [0.25, 0.3) is 0 Å². The Labute approximate surface area is 138 Å². The SMILES string of the molecule is C=CC(=O)OCCCCOC(=O)NCCC[Si](OC)(OC)OC. The van der Waals surface area contributed by atoms with Crippen LogP contribution in [0.5, 0.6) is 0 Å². The molecule has 0 aromatic rings. The van der Waals surface area contributed by atoms with Crippen LogP contribution in [0.1, 0.15) is 19.3 Å². The van der Waals surface area contributed by atoms with E-state index in [9.17, 15) is 9.59 Å². The van der Waals surface area contributed by atoms with Crippen LogP contribution >= 0.6 is 0 Å². The molecule has 23 heavy (non-hydrogen) atoms. The van der Waals surface area contributed by atoms with Gasteiger partial charge in [-0.05, 0) is 19.3 Å². The van der Waals surface area contributed by atoms with Crippen LogP contribution in [-0.2, 0) is 27.5 Å². The number of hydrogen-bond acceptors (Lipinski definition) is 7. The van der Waals surface area contributed by atoms with Gasteiger partial charge in [-0.25, -0.2) is 9.59 Å². The van der Waals surface area contributed by atoms with Gasteiger partial charge in [-0.1, -0.05) is 6.58 Å². The van der Waals surface area contributed by atoms with Gasteiger partial charge in [-0.2, -0.15) is 0 Å². The van der Waals surface area contributed by atoms with Crippen molar-refractivity contribution in [3.63, 3.8) is 0 Å². The highest BCUT2D eigenvalue weighted by Crippen LogP contribution is 2.14. The Kier molecular flexibility index (Phi) is 12.2. The number of ether oxygens (including phenoxy) is 2. The zero-order chi connectivity index (χ0) is 17.6. The number of amides is 1. The second-order valence-electron chi connectivity index (χ2n) is 4.54. The number of carbonyl (C=O) groups excluding carboxylic acids is 2. The fourth-order valence-corrected chi connectivity index (χ4v) is 3.43. The van der Waals surface area contributed by atoms with Crippen LogP contribution in [0.3, 0.4) is 0 Å². The van der Waals surface area contributed by atoms with Gasteiger partial charge in [0.1, 0.15) is 0 Å². The fourth-order valence-electron chi connectivity index (χ4n) is 1.70. The number of carbonyl (C=O) groups is 2. The van der Waals surface area contributed by atoms with Crippen LogP contribution in [-0.4, -0.2) is 62.0 Å². The molecule has 0 radical (unpaired) electrons. The first kappa shape index (κ1) is 21.6. The van der Waals surface area contributed by atoms with Gasteiger partial charge in [-0.15, -0.1) is 0 Å². The van der Waals surface area contributed by atoms with Crippen molar-refractivity contribution in [3.05, 3.63) is 12.7 Å². The summed E-state index contributed by atoms with van der Waals surface area (Å²) < 4.78 is 25.6. The van der Waals surface area contributed by atoms with E-state index in [2.05, 4.69) is 11.9 Å². The summed E-state index contributed by atoms with van der Waals surface area (Å²) in [5.41, 5.74) is 0. The minimum absolute atomic E-state index is 0.268. The first-order valence-corrected chi connectivity index (χ1v) is 9.32. The summed E-state index contributed by atoms with van der Waals surface area (Å²) >= 11 is 0. The Morgan fingerprint density at radius 2 is 1.57 bits per heavy atom. The van der Waals surface area contributed by atoms with E-state index in [0.29, 0.717) is 31.9 Å². The molecule has 1 N–H and O–H groups in total. The van der Waals surface area contributed by atoms with Crippen molar-refractivity contribution in [2.24, 2.45) is 0 Å². The van der Waals surface area contributed by atoms with Gasteiger partial charge in [0.05, 0.1) is 13.2 Å². The lowest BCUT2D eigenvalue weighted by atomic mass is 10.3. The third kappa shape index (κ3) is 10.1. The Bertz CT molecular complexity index is 353. The summed E-state index contributed by atoms with van der Waals surface area (Å²) in [5.74, 6) is -0.452. The lowest BCUT2D eigenvalue weighted by molar-refractivity contribution is -0.137. The summed E-state index contributed by atoms with van der Waals surface area (Å²) in [5, 5.41) is 2.64. The van der Waals surface area contributed by atoms with Crippen LogP contribution < -0.4 is 5.32 Å². The monoisotopic (exact) mass is 349 g/mol. The van der Waals surface area contributed by atoms with Crippen molar-refractivity contribution in [3.8, 4) is 0 Å². The van der Waals surface area contributed by atoms with Gasteiger partial charge >= 0.3 is 20.9 Å². The highest BCUT2D eigenvalue weighted by atomic mass is 28.4. The van der Waals surface area contributed by atoms with Gasteiger partial charge in [0.15, 0.2) is 0 Å². The molecule has 0 heterocycles. The summed E-state index contributed by atoms with van der Waals surface area (Å²) in [6.07, 6.45) is 2.53. The predicted octanol–water partition coefficient (Wildman–Crippen LogP) is 1.49. The van der Waals surface area contributed by atoms with Crippen molar-refractivity contribution >= 4 is 20.9 Å². The van der Waals surface area contributed by atoms with E-state index in [1.807, 2.05) is 0 Å². The van der Waals surface area contributed by atoms with E-state index in [0.717, 1.165) is 6.08 Å². The molecule has 9 heteroatoms. The molecule has 0 aliphatic heterocycles. The molecule has 0 atom stereocenters. The summed E-state index contributed by atoms with van der Waals surface area (Å²) in [4.78, 5) is 22.2. The number of nitrogens with one attached hydrogen (secondary N) is 1. The van der Waals surface area contributed by atoms with Crippen molar-refractivity contribution in [2.45, 2.75) is 25.3 Å². The van der Waals surface area contributed by atoms with E-state index >= 15 is 0 Å². The summed E-state index contributed by atoms with van der Waals surface area (Å²) in [7, 11) is 2.06. The number of hydrogen-bond donors (Lipinski definition) is 1. The molecule has 0 aliphatic rings. The lowest BCUT2D eigenvalue weighted by Crippen LogP contribution is -2.43. The van der Waals surface area contributed by atoms with Crippen molar-refractivity contribution in [2.75, 3.05) is 41.1 Å². The van der Waals surface area contributed by atoms with E-state index < -0.39 is 20.9 Å². The average molecular weight is 349 g/mol. The highest BCUT2D eigenvalue weighted by Gasteiger charge is 2.36. The topological polar surface area (TPSA) is 92.3 Å². The van der Waals surface area contributed by atoms with Gasteiger partial charge in [0.2, 0.25) is 0 Å². The van der Waals surface area contributed by atoms with Gasteiger partial charge < -0.3 is 28.1 Å². The molecule has 0 aromatic carbocycles. The molecule has 0 unspecified atom stereocenters. The van der Waals surface area contributed by atoms with Crippen LogP contribution in [0.15, 0.2) is 12.7 Å². The van der Waals surface area contributed by atoms with Crippen LogP contribution in [0.25, 0.3) is 0 Å². The minimum atomic E-state index is -2.58. The zero-order valence-electron chi connectivity index (χ0n) is 14.1. The van der Waals surface area contributed by atoms with Crippen molar-refractivity contribution < 1.29 is 32.3 Å². The van der Waals surface area contributed by atoms with Crippen molar-refractivity contribution in [1.82, 2.24) is 5.32 Å². The van der Waals surface area contributed by atoms with E-state index in [4.69, 9.17) is 22.8 Å². The van der Waals surface area contributed by atoms with Crippen LogP contribution in [0.4, 0.5) is 4.79 Å². The van der Waals surface area contributed by atoms with Gasteiger partial charge in [0, 0.05) is 40.0 Å². The molecule has 0 saturated heterocycles. The smallest absolute Gasteiger partial charge is 0.463 e. The Morgan fingerprint density at radius 1 is 1.00 bits per heavy atom. The second kappa shape index (κ2) is 13.1. The maximum absolute atomic E-state index is 11.4. The number of alkyl carbamates (subject to hydrolysis) is 1. The minimum Gasteiger partial charge on any atom is -0.463 e. The van der Waals surface area contributed by atoms with Crippen LogP contribution in [0.2, 0.25) is 6.04 Å². The first-order chi connectivity index (χ1) is 11.0. The van der Waals surface area contributed by atoms with E-state index in [1.165, 1.54) is 0 Å². The standard InChI is InChI=1S/C14H27NO7Si/c1-5-13(16)21-10-6-7-11-22-14(17)15-9-8-12-23(18-2,19-3)20-4/h5H,1,6-12H2,2-4H3,(H,15,17). The van der Waals surface area contributed by atoms with E-state index in [-0.39, 0.29) is 13.2 Å². The maximum Gasteiger partial charge on any atom is 0.500 e. The quantitative estimate of drug-likeness (QED) is 0.233. The van der Waals surface area contributed by atoms with Gasteiger partial charge in [-0.3, -0.25) is 0 Å². The highest BCUT2D eigenvalue weighted by molar-refractivity contribution is 6.60. The molecule has 134 valence electrons. The molecule has 0 saturated carbocycles. The van der Waals surface area contributed by atoms with Crippen molar-refractivity contribution in [1.29, 1.82) is 0 Å². The molecule has 0 bridgehead atoms. The molecule has 0 fully saturated rings. The molecule has 8 nitrogen and oxygen atoms in total. The normalized spacial score (nSPS) is 10.9. The zero-order valence-corrected chi connectivity index (χ0v) is 15.1. The molecule has 1 amide bonds. The predicted molar refractivity (Wildman–Crippen MR) is 85.9 cm³/mol. The molecular weight excluding hydrogens is 322 g/mol. The fraction of sp³-hybridized carbons (Fsp3) is 0.714. The summed E-state index contributed by atoms with van der Waals surface area (Å²) in [6.45, 7) is 4.29. The molecule has 0 spiro atoms. The van der Waals surface area contributed by atoms with E-state index in [1.54, 1.807) is 21.3 Å².